The van der Waals surface area contributed by atoms with Crippen molar-refractivity contribution in [3.63, 3.8) is 0 Å². The normalized spacial score (nSPS) is 17.0. The molecule has 1 aliphatic rings. The number of ether oxygens (including phenoxy) is 5. The molecule has 1 unspecified atom stereocenters. The van der Waals surface area contributed by atoms with E-state index in [4.69, 9.17) is 35.3 Å². The van der Waals surface area contributed by atoms with Crippen molar-refractivity contribution in [1.29, 1.82) is 0 Å². The highest BCUT2D eigenvalue weighted by Crippen LogP contribution is 2.47. The second-order valence-corrected chi connectivity index (χ2v) is 8.02. The molecule has 10 heteroatoms. The van der Waals surface area contributed by atoms with Crippen LogP contribution in [0.25, 0.3) is 5.76 Å². The Labute approximate surface area is 208 Å². The molecular formula is C25H28ClNO8. The lowest BCUT2D eigenvalue weighted by Crippen LogP contribution is -2.31. The number of methoxy groups -OCH3 is 5. The van der Waals surface area contributed by atoms with Gasteiger partial charge in [-0.3, -0.25) is 9.59 Å². The van der Waals surface area contributed by atoms with E-state index in [-0.39, 0.29) is 28.5 Å². The summed E-state index contributed by atoms with van der Waals surface area (Å²) in [4.78, 5) is 27.8. The van der Waals surface area contributed by atoms with Crippen LogP contribution in [0.15, 0.2) is 35.9 Å². The first-order valence-corrected chi connectivity index (χ1v) is 11.1. The van der Waals surface area contributed by atoms with Crippen molar-refractivity contribution in [2.75, 3.05) is 48.7 Å². The number of carbonyl (C=O) groups excluding carboxylic acids is 2. The number of carbonyl (C=O) groups is 2. The summed E-state index contributed by atoms with van der Waals surface area (Å²) in [7, 11) is 7.36. The molecule has 0 saturated carbocycles. The first-order chi connectivity index (χ1) is 16.8. The maximum absolute atomic E-state index is 13.3. The molecular weight excluding hydrogens is 478 g/mol. The molecule has 1 saturated heterocycles. The number of hydrogen-bond acceptors (Lipinski definition) is 8. The van der Waals surface area contributed by atoms with E-state index in [2.05, 4.69) is 0 Å². The van der Waals surface area contributed by atoms with Gasteiger partial charge in [-0.25, -0.2) is 0 Å². The molecule has 0 aliphatic carbocycles. The van der Waals surface area contributed by atoms with Crippen LogP contribution in [0.1, 0.15) is 23.6 Å². The van der Waals surface area contributed by atoms with E-state index < -0.39 is 23.5 Å². The Balaban J connectivity index is 2.30. The molecule has 1 heterocycles. The Kier molecular flexibility index (Phi) is 8.48. The summed E-state index contributed by atoms with van der Waals surface area (Å²) in [5, 5.41) is 11.6. The fourth-order valence-corrected chi connectivity index (χ4v) is 4.37. The second kappa shape index (κ2) is 11.3. The molecule has 1 atom stereocenters. The molecule has 35 heavy (non-hydrogen) atoms. The van der Waals surface area contributed by atoms with Crippen molar-refractivity contribution in [2.45, 2.75) is 12.5 Å². The molecule has 0 bridgehead atoms. The van der Waals surface area contributed by atoms with E-state index >= 15 is 0 Å². The summed E-state index contributed by atoms with van der Waals surface area (Å²) in [6, 6.07) is 7.09. The number of ketones is 1. The SMILES string of the molecule is COCCCN1C(=O)C(=O)/C(=C(/O)c2cc(Cl)c(OC)cc2OC)C1c1cccc(OC)c1OC. The van der Waals surface area contributed by atoms with Gasteiger partial charge in [-0.05, 0) is 18.6 Å². The van der Waals surface area contributed by atoms with Crippen LogP contribution in [0, 0.1) is 0 Å². The van der Waals surface area contributed by atoms with Crippen LogP contribution >= 0.6 is 11.6 Å². The van der Waals surface area contributed by atoms with Gasteiger partial charge in [0, 0.05) is 31.9 Å². The topological polar surface area (TPSA) is 104 Å². The van der Waals surface area contributed by atoms with E-state index in [1.165, 1.54) is 45.5 Å². The van der Waals surface area contributed by atoms with Crippen molar-refractivity contribution in [2.24, 2.45) is 0 Å². The number of aliphatic hydroxyl groups is 1. The first kappa shape index (κ1) is 26.2. The van der Waals surface area contributed by atoms with Gasteiger partial charge in [-0.2, -0.15) is 0 Å². The molecule has 1 fully saturated rings. The van der Waals surface area contributed by atoms with Crippen LogP contribution in [0.2, 0.25) is 5.02 Å². The van der Waals surface area contributed by atoms with Gasteiger partial charge in [-0.15, -0.1) is 0 Å². The van der Waals surface area contributed by atoms with Gasteiger partial charge in [-0.1, -0.05) is 23.7 Å². The fraction of sp³-hybridized carbons (Fsp3) is 0.360. The number of likely N-dealkylation sites (tertiary alicyclic amines) is 1. The summed E-state index contributed by atoms with van der Waals surface area (Å²) in [5.74, 6) is -0.743. The van der Waals surface area contributed by atoms with Crippen molar-refractivity contribution in [3.05, 3.63) is 52.1 Å². The predicted molar refractivity (Wildman–Crippen MR) is 130 cm³/mol. The number of amides is 1. The third kappa shape index (κ3) is 4.87. The highest BCUT2D eigenvalue weighted by molar-refractivity contribution is 6.46. The Bertz CT molecular complexity index is 1150. The minimum atomic E-state index is -0.956. The van der Waals surface area contributed by atoms with Crippen LogP contribution < -0.4 is 18.9 Å². The van der Waals surface area contributed by atoms with Crippen molar-refractivity contribution in [1.82, 2.24) is 4.90 Å². The zero-order valence-corrected chi connectivity index (χ0v) is 21.0. The summed E-state index contributed by atoms with van der Waals surface area (Å²) < 4.78 is 26.8. The van der Waals surface area contributed by atoms with E-state index in [9.17, 15) is 14.7 Å². The van der Waals surface area contributed by atoms with Crippen LogP contribution in [-0.2, 0) is 14.3 Å². The number of nitrogens with zero attached hydrogens (tertiary/aromatic N) is 1. The highest BCUT2D eigenvalue weighted by Gasteiger charge is 2.47. The largest absolute Gasteiger partial charge is 0.507 e. The average molecular weight is 506 g/mol. The Morgan fingerprint density at radius 1 is 0.971 bits per heavy atom. The van der Waals surface area contributed by atoms with Gasteiger partial charge in [0.25, 0.3) is 11.7 Å². The summed E-state index contributed by atoms with van der Waals surface area (Å²) in [6.07, 6.45) is 0.476. The predicted octanol–water partition coefficient (Wildman–Crippen LogP) is 3.83. The number of rotatable bonds is 10. The van der Waals surface area contributed by atoms with Gasteiger partial charge < -0.3 is 33.7 Å². The third-order valence-electron chi connectivity index (χ3n) is 5.74. The molecule has 3 rings (SSSR count). The maximum Gasteiger partial charge on any atom is 0.295 e. The molecule has 2 aromatic rings. The quantitative estimate of drug-likeness (QED) is 0.225. The zero-order valence-electron chi connectivity index (χ0n) is 20.2. The van der Waals surface area contributed by atoms with Gasteiger partial charge in [0.2, 0.25) is 0 Å². The summed E-state index contributed by atoms with van der Waals surface area (Å²) >= 11 is 6.30. The van der Waals surface area contributed by atoms with E-state index in [0.29, 0.717) is 35.8 Å². The first-order valence-electron chi connectivity index (χ1n) is 10.7. The Hall–Kier alpha value is -3.43. The number of Topliss-reactive ketones (excluding diaryl/α,β-unsaturated/α-hetero) is 1. The minimum Gasteiger partial charge on any atom is -0.507 e. The fourth-order valence-electron chi connectivity index (χ4n) is 4.13. The maximum atomic E-state index is 13.3. The number of benzene rings is 2. The highest BCUT2D eigenvalue weighted by atomic mass is 35.5. The number of hydrogen-bond donors (Lipinski definition) is 1. The second-order valence-electron chi connectivity index (χ2n) is 7.61. The number of halogens is 1. The van der Waals surface area contributed by atoms with Gasteiger partial charge in [0.15, 0.2) is 11.5 Å². The molecule has 188 valence electrons. The van der Waals surface area contributed by atoms with Crippen LogP contribution in [0.5, 0.6) is 23.0 Å². The van der Waals surface area contributed by atoms with Crippen LogP contribution in [0.3, 0.4) is 0 Å². The third-order valence-corrected chi connectivity index (χ3v) is 6.04. The molecule has 9 nitrogen and oxygen atoms in total. The van der Waals surface area contributed by atoms with E-state index in [1.807, 2.05) is 0 Å². The lowest BCUT2D eigenvalue weighted by atomic mass is 9.94. The lowest BCUT2D eigenvalue weighted by molar-refractivity contribution is -0.140. The summed E-state index contributed by atoms with van der Waals surface area (Å²) in [5.41, 5.74) is 0.488. The molecule has 0 radical (unpaired) electrons. The Morgan fingerprint density at radius 2 is 1.66 bits per heavy atom. The smallest absolute Gasteiger partial charge is 0.295 e. The molecule has 2 aromatic carbocycles. The molecule has 0 aromatic heterocycles. The van der Waals surface area contributed by atoms with Crippen LogP contribution in [-0.4, -0.2) is 70.4 Å². The monoisotopic (exact) mass is 505 g/mol. The molecule has 1 aliphatic heterocycles. The van der Waals surface area contributed by atoms with Gasteiger partial charge >= 0.3 is 0 Å². The number of para-hydroxylation sites is 1. The lowest BCUT2D eigenvalue weighted by Gasteiger charge is -2.27. The van der Waals surface area contributed by atoms with E-state index in [1.54, 1.807) is 25.3 Å². The van der Waals surface area contributed by atoms with Crippen molar-refractivity contribution >= 4 is 29.1 Å². The number of aliphatic hydroxyl groups excluding tert-OH is 1. The zero-order chi connectivity index (χ0) is 25.7. The van der Waals surface area contributed by atoms with Crippen molar-refractivity contribution < 1.29 is 38.4 Å². The van der Waals surface area contributed by atoms with E-state index in [0.717, 1.165) is 0 Å². The van der Waals surface area contributed by atoms with Crippen molar-refractivity contribution in [3.8, 4) is 23.0 Å². The van der Waals surface area contributed by atoms with Gasteiger partial charge in [0.1, 0.15) is 17.3 Å². The van der Waals surface area contributed by atoms with Crippen LogP contribution in [0.4, 0.5) is 0 Å². The molecule has 1 amide bonds. The molecule has 1 N–H and O–H groups in total. The standard InChI is InChI=1S/C25H28ClNO8/c1-31-11-7-10-27-21(14-8-6-9-17(32-2)24(14)35-5)20(23(29)25(27)30)22(28)15-12-16(26)19(34-4)13-18(15)33-3/h6,8-9,12-13,21,28H,7,10-11H2,1-5H3/b22-20+. The van der Waals surface area contributed by atoms with Gasteiger partial charge in [0.05, 0.1) is 50.6 Å². The Morgan fingerprint density at radius 3 is 2.26 bits per heavy atom. The average Bonchev–Trinajstić information content (AvgIpc) is 3.12. The minimum absolute atomic E-state index is 0.126. The molecule has 0 spiro atoms. The summed E-state index contributed by atoms with van der Waals surface area (Å²) in [6.45, 7) is 0.591.